The van der Waals surface area contributed by atoms with Crippen LogP contribution in [0.3, 0.4) is 0 Å². The van der Waals surface area contributed by atoms with Crippen LogP contribution in [0.4, 0.5) is 4.79 Å². The molecule has 0 bridgehead atoms. The summed E-state index contributed by atoms with van der Waals surface area (Å²) in [4.78, 5) is 61.7. The molecule has 2 rings (SSSR count). The molecule has 0 radical (unpaired) electrons. The molecule has 2 aliphatic rings. The number of ether oxygens (including phenoxy) is 1. The summed E-state index contributed by atoms with van der Waals surface area (Å²) in [5.74, 6) is -3.36. The van der Waals surface area contributed by atoms with Gasteiger partial charge in [0.15, 0.2) is 6.10 Å². The number of allylic oxidation sites excluding steroid dienone is 2. The fraction of sp³-hybridized carbons (Fsp3) is 0.611. The number of rotatable bonds is 5. The van der Waals surface area contributed by atoms with Crippen molar-refractivity contribution in [2.24, 2.45) is 11.8 Å². The van der Waals surface area contributed by atoms with Gasteiger partial charge in [0.05, 0.1) is 11.8 Å². The van der Waals surface area contributed by atoms with Gasteiger partial charge in [0.25, 0.3) is 5.91 Å². The molecule has 1 heterocycles. The first-order chi connectivity index (χ1) is 12.6. The van der Waals surface area contributed by atoms with Crippen LogP contribution < -0.4 is 10.6 Å². The number of fused-ring (bicyclic) bond motifs is 1. The van der Waals surface area contributed by atoms with Crippen molar-refractivity contribution < 1.29 is 28.7 Å². The standard InChI is InChI=1S/C18H25N3O6/c1-9(2)19-18(26)20-14(22)11(4)27-17(25)10(3)21-15(23)12-7-5-6-8-13(12)16(21)24/h5-6,9-13H,7-8H2,1-4H3,(H2,19,20,22,26)/t10-,11+,12-,13+/m0/s1. The van der Waals surface area contributed by atoms with Crippen molar-refractivity contribution in [1.29, 1.82) is 0 Å². The maximum atomic E-state index is 12.5. The van der Waals surface area contributed by atoms with Crippen molar-refractivity contribution in [1.82, 2.24) is 15.5 Å². The summed E-state index contributed by atoms with van der Waals surface area (Å²) in [6, 6.07) is -2.01. The third kappa shape index (κ3) is 4.53. The van der Waals surface area contributed by atoms with Gasteiger partial charge in [-0.25, -0.2) is 9.59 Å². The summed E-state index contributed by atoms with van der Waals surface area (Å²) in [6.45, 7) is 6.15. The van der Waals surface area contributed by atoms with Crippen molar-refractivity contribution in [3.05, 3.63) is 12.2 Å². The third-order valence-corrected chi connectivity index (χ3v) is 4.59. The molecule has 0 saturated carbocycles. The molecule has 5 amide bonds. The minimum atomic E-state index is -1.25. The number of carbonyl (C=O) groups excluding carboxylic acids is 5. The third-order valence-electron chi connectivity index (χ3n) is 4.59. The Kier molecular flexibility index (Phi) is 6.35. The first kappa shape index (κ1) is 20.6. The predicted octanol–water partition coefficient (Wildman–Crippen LogP) is 0.492. The summed E-state index contributed by atoms with van der Waals surface area (Å²) in [5, 5.41) is 4.54. The molecule has 1 fully saturated rings. The van der Waals surface area contributed by atoms with Crippen LogP contribution in [-0.2, 0) is 23.9 Å². The highest BCUT2D eigenvalue weighted by molar-refractivity contribution is 6.08. The molecule has 27 heavy (non-hydrogen) atoms. The van der Waals surface area contributed by atoms with Crippen LogP contribution in [0.5, 0.6) is 0 Å². The first-order valence-electron chi connectivity index (χ1n) is 8.97. The minimum Gasteiger partial charge on any atom is -0.451 e. The number of nitrogens with zero attached hydrogens (tertiary/aromatic N) is 1. The normalized spacial score (nSPS) is 23.7. The SMILES string of the molecule is CC(C)NC(=O)NC(=O)[C@@H](C)OC(=O)[C@H](C)N1C(=O)[C@H]2CC=CC[C@H]2C1=O. The van der Waals surface area contributed by atoms with Crippen molar-refractivity contribution in [3.63, 3.8) is 0 Å². The monoisotopic (exact) mass is 379 g/mol. The summed E-state index contributed by atoms with van der Waals surface area (Å²) < 4.78 is 5.05. The van der Waals surface area contributed by atoms with Crippen molar-refractivity contribution in [3.8, 4) is 0 Å². The van der Waals surface area contributed by atoms with Gasteiger partial charge in [0, 0.05) is 6.04 Å². The lowest BCUT2D eigenvalue weighted by Crippen LogP contribution is -2.49. The van der Waals surface area contributed by atoms with Gasteiger partial charge >= 0.3 is 12.0 Å². The first-order valence-corrected chi connectivity index (χ1v) is 8.97. The molecule has 1 saturated heterocycles. The second kappa shape index (κ2) is 8.32. The number of likely N-dealkylation sites (tertiary alicyclic amines) is 1. The second-order valence-electron chi connectivity index (χ2n) is 7.07. The molecule has 2 N–H and O–H groups in total. The Bertz CT molecular complexity index is 661. The van der Waals surface area contributed by atoms with Crippen LogP contribution in [0.2, 0.25) is 0 Å². The fourth-order valence-electron chi connectivity index (χ4n) is 3.15. The molecule has 0 aromatic rings. The van der Waals surface area contributed by atoms with Crippen LogP contribution in [-0.4, -0.2) is 52.8 Å². The highest BCUT2D eigenvalue weighted by atomic mass is 16.5. The summed E-state index contributed by atoms with van der Waals surface area (Å²) in [6.07, 6.45) is 3.39. The van der Waals surface area contributed by atoms with E-state index in [4.69, 9.17) is 4.74 Å². The average Bonchev–Trinajstić information content (AvgIpc) is 2.84. The van der Waals surface area contributed by atoms with Crippen molar-refractivity contribution in [2.75, 3.05) is 0 Å². The van der Waals surface area contributed by atoms with Crippen LogP contribution in [0.15, 0.2) is 12.2 Å². The van der Waals surface area contributed by atoms with Gasteiger partial charge in [0.2, 0.25) is 11.8 Å². The largest absolute Gasteiger partial charge is 0.451 e. The number of hydrogen-bond acceptors (Lipinski definition) is 6. The molecular formula is C18H25N3O6. The molecule has 0 aromatic carbocycles. The Morgan fingerprint density at radius 1 is 1.04 bits per heavy atom. The van der Waals surface area contributed by atoms with E-state index < -0.39 is 53.7 Å². The number of esters is 1. The van der Waals surface area contributed by atoms with Gasteiger partial charge < -0.3 is 10.1 Å². The van der Waals surface area contributed by atoms with E-state index in [0.717, 1.165) is 4.90 Å². The van der Waals surface area contributed by atoms with Crippen LogP contribution in [0.25, 0.3) is 0 Å². The number of imide groups is 2. The lowest BCUT2D eigenvalue weighted by molar-refractivity contribution is -0.163. The number of hydrogen-bond donors (Lipinski definition) is 2. The molecule has 9 nitrogen and oxygen atoms in total. The number of amides is 5. The molecule has 4 atom stereocenters. The van der Waals surface area contributed by atoms with E-state index in [-0.39, 0.29) is 6.04 Å². The van der Waals surface area contributed by atoms with Crippen LogP contribution in [0, 0.1) is 11.8 Å². The van der Waals surface area contributed by atoms with Gasteiger partial charge in [-0.2, -0.15) is 0 Å². The van der Waals surface area contributed by atoms with Crippen molar-refractivity contribution in [2.45, 2.75) is 58.7 Å². The van der Waals surface area contributed by atoms with Gasteiger partial charge in [-0.3, -0.25) is 24.6 Å². The highest BCUT2D eigenvalue weighted by Gasteiger charge is 2.50. The Labute approximate surface area is 157 Å². The fourth-order valence-corrected chi connectivity index (χ4v) is 3.15. The lowest BCUT2D eigenvalue weighted by atomic mass is 9.85. The van der Waals surface area contributed by atoms with E-state index in [9.17, 15) is 24.0 Å². The van der Waals surface area contributed by atoms with E-state index in [1.165, 1.54) is 13.8 Å². The predicted molar refractivity (Wildman–Crippen MR) is 94.0 cm³/mol. The van der Waals surface area contributed by atoms with Gasteiger partial charge in [-0.15, -0.1) is 0 Å². The Hall–Kier alpha value is -2.71. The van der Waals surface area contributed by atoms with E-state index in [1.54, 1.807) is 13.8 Å². The van der Waals surface area contributed by atoms with Gasteiger partial charge in [0.1, 0.15) is 6.04 Å². The number of urea groups is 1. The molecule has 0 unspecified atom stereocenters. The summed E-state index contributed by atoms with van der Waals surface area (Å²) in [7, 11) is 0. The van der Waals surface area contributed by atoms with E-state index in [1.807, 2.05) is 12.2 Å². The quantitative estimate of drug-likeness (QED) is 0.407. The molecule has 0 aromatic heterocycles. The molecule has 1 aliphatic carbocycles. The van der Waals surface area contributed by atoms with E-state index in [0.29, 0.717) is 12.8 Å². The minimum absolute atomic E-state index is 0.166. The van der Waals surface area contributed by atoms with Crippen LogP contribution >= 0.6 is 0 Å². The maximum absolute atomic E-state index is 12.5. The Balaban J connectivity index is 1.95. The second-order valence-corrected chi connectivity index (χ2v) is 7.07. The van der Waals surface area contributed by atoms with E-state index in [2.05, 4.69) is 10.6 Å². The van der Waals surface area contributed by atoms with E-state index >= 15 is 0 Å². The summed E-state index contributed by atoms with van der Waals surface area (Å²) in [5.41, 5.74) is 0. The van der Waals surface area contributed by atoms with Gasteiger partial charge in [-0.05, 0) is 40.5 Å². The average molecular weight is 379 g/mol. The molecule has 9 heteroatoms. The molecule has 0 spiro atoms. The molecule has 148 valence electrons. The number of carbonyl (C=O) groups is 5. The zero-order chi connectivity index (χ0) is 20.3. The van der Waals surface area contributed by atoms with Gasteiger partial charge in [-0.1, -0.05) is 12.2 Å². The topological polar surface area (TPSA) is 122 Å². The maximum Gasteiger partial charge on any atom is 0.329 e. The molecule has 1 aliphatic heterocycles. The van der Waals surface area contributed by atoms with Crippen LogP contribution in [0.1, 0.15) is 40.5 Å². The number of nitrogens with one attached hydrogen (secondary N) is 2. The zero-order valence-corrected chi connectivity index (χ0v) is 15.9. The molecular weight excluding hydrogens is 354 g/mol. The smallest absolute Gasteiger partial charge is 0.329 e. The van der Waals surface area contributed by atoms with Crippen molar-refractivity contribution >= 4 is 29.7 Å². The Morgan fingerprint density at radius 3 is 2.04 bits per heavy atom. The summed E-state index contributed by atoms with van der Waals surface area (Å²) >= 11 is 0. The Morgan fingerprint density at radius 2 is 1.56 bits per heavy atom. The zero-order valence-electron chi connectivity index (χ0n) is 15.9. The highest BCUT2D eigenvalue weighted by Crippen LogP contribution is 2.36. The lowest BCUT2D eigenvalue weighted by Gasteiger charge is -2.23.